The number of aryl methyl sites for hydroxylation is 2. The van der Waals surface area contributed by atoms with Gasteiger partial charge in [-0.3, -0.25) is 13.9 Å². The second-order valence-electron chi connectivity index (χ2n) is 8.67. The number of hydrogen-bond acceptors (Lipinski definition) is 4. The van der Waals surface area contributed by atoms with Crippen LogP contribution in [-0.4, -0.2) is 50.0 Å². The number of halogens is 1. The van der Waals surface area contributed by atoms with E-state index in [1.54, 1.807) is 32.0 Å². The number of sulfonamides is 1. The smallest absolute Gasteiger partial charge is 0.244 e. The molecule has 2 unspecified atom stereocenters. The zero-order valence-corrected chi connectivity index (χ0v) is 21.4. The van der Waals surface area contributed by atoms with Gasteiger partial charge >= 0.3 is 0 Å². The van der Waals surface area contributed by atoms with Gasteiger partial charge in [-0.25, -0.2) is 12.8 Å². The molecule has 0 aliphatic carbocycles. The van der Waals surface area contributed by atoms with Crippen LogP contribution in [0.15, 0.2) is 42.5 Å². The predicted molar refractivity (Wildman–Crippen MR) is 132 cm³/mol. The van der Waals surface area contributed by atoms with Gasteiger partial charge in [0.1, 0.15) is 18.4 Å². The first-order chi connectivity index (χ1) is 15.8. The first-order valence-electron chi connectivity index (χ1n) is 11.2. The van der Waals surface area contributed by atoms with E-state index >= 15 is 0 Å². The van der Waals surface area contributed by atoms with Crippen LogP contribution in [0.2, 0.25) is 0 Å². The maximum Gasteiger partial charge on any atom is 0.244 e. The molecule has 0 fully saturated rings. The molecule has 0 aliphatic heterocycles. The molecule has 186 valence electrons. The van der Waals surface area contributed by atoms with E-state index in [2.05, 4.69) is 5.32 Å². The molecule has 0 aliphatic rings. The Morgan fingerprint density at radius 1 is 1.09 bits per heavy atom. The molecular weight excluding hydrogens is 457 g/mol. The zero-order chi connectivity index (χ0) is 25.6. The lowest BCUT2D eigenvalue weighted by Gasteiger charge is -2.32. The molecule has 34 heavy (non-hydrogen) atoms. The first kappa shape index (κ1) is 27.3. The summed E-state index contributed by atoms with van der Waals surface area (Å²) >= 11 is 0. The van der Waals surface area contributed by atoms with Crippen molar-refractivity contribution in [3.05, 3.63) is 65.0 Å². The van der Waals surface area contributed by atoms with E-state index in [-0.39, 0.29) is 18.2 Å². The number of rotatable bonds is 10. The molecular formula is C25H34FN3O4S. The highest BCUT2D eigenvalue weighted by atomic mass is 32.2. The van der Waals surface area contributed by atoms with Crippen LogP contribution in [-0.2, 0) is 26.2 Å². The fourth-order valence-electron chi connectivity index (χ4n) is 3.54. The molecule has 2 atom stereocenters. The van der Waals surface area contributed by atoms with Crippen molar-refractivity contribution < 1.29 is 22.4 Å². The summed E-state index contributed by atoms with van der Waals surface area (Å²) in [5.74, 6) is -1.51. The lowest BCUT2D eigenvalue weighted by Crippen LogP contribution is -2.52. The summed E-state index contributed by atoms with van der Waals surface area (Å²) in [5, 5.41) is 2.84. The van der Waals surface area contributed by atoms with Gasteiger partial charge in [-0.2, -0.15) is 0 Å². The number of nitrogens with one attached hydrogen (secondary N) is 1. The monoisotopic (exact) mass is 491 g/mol. The second-order valence-corrected chi connectivity index (χ2v) is 10.6. The van der Waals surface area contributed by atoms with E-state index in [1.807, 2.05) is 26.8 Å². The van der Waals surface area contributed by atoms with Gasteiger partial charge in [-0.15, -0.1) is 0 Å². The molecule has 0 bridgehead atoms. The fourth-order valence-corrected chi connectivity index (χ4v) is 4.45. The molecule has 2 aromatic rings. The molecule has 2 rings (SSSR count). The Kier molecular flexibility index (Phi) is 9.21. The molecule has 0 heterocycles. The number of benzene rings is 2. The molecule has 2 aromatic carbocycles. The molecule has 0 saturated carbocycles. The van der Waals surface area contributed by atoms with Gasteiger partial charge in [0.2, 0.25) is 21.8 Å². The summed E-state index contributed by atoms with van der Waals surface area (Å²) < 4.78 is 40.7. The lowest BCUT2D eigenvalue weighted by molar-refractivity contribution is -0.139. The number of hydrogen-bond donors (Lipinski definition) is 1. The van der Waals surface area contributed by atoms with E-state index in [0.717, 1.165) is 16.1 Å². The van der Waals surface area contributed by atoms with Crippen LogP contribution >= 0.6 is 0 Å². The maximum absolute atomic E-state index is 14.4. The van der Waals surface area contributed by atoms with Gasteiger partial charge in [0.15, 0.2) is 0 Å². The van der Waals surface area contributed by atoms with E-state index in [9.17, 15) is 22.4 Å². The summed E-state index contributed by atoms with van der Waals surface area (Å²) in [6, 6.07) is 10.2. The Labute approximate surface area is 202 Å². The number of amides is 2. The van der Waals surface area contributed by atoms with Crippen molar-refractivity contribution in [2.45, 2.75) is 59.7 Å². The highest BCUT2D eigenvalue weighted by molar-refractivity contribution is 7.92. The average Bonchev–Trinajstić information content (AvgIpc) is 2.76. The normalized spacial score (nSPS) is 13.1. The van der Waals surface area contributed by atoms with E-state index in [4.69, 9.17) is 0 Å². The van der Waals surface area contributed by atoms with Crippen molar-refractivity contribution in [2.24, 2.45) is 0 Å². The van der Waals surface area contributed by atoms with Gasteiger partial charge in [0, 0.05) is 18.2 Å². The number of nitrogens with zero attached hydrogens (tertiary/aromatic N) is 2. The van der Waals surface area contributed by atoms with Crippen molar-refractivity contribution in [3.8, 4) is 0 Å². The minimum atomic E-state index is -3.82. The SMILES string of the molecule is CCC(C)NC(=O)C(C)N(Cc1ccccc1F)C(=O)CN(c1ccc(C)cc1C)S(C)(=O)=O. The molecule has 0 aromatic heterocycles. The Balaban J connectivity index is 2.43. The largest absolute Gasteiger partial charge is 0.352 e. The van der Waals surface area contributed by atoms with Gasteiger partial charge in [0.05, 0.1) is 11.9 Å². The standard InChI is InChI=1S/C25H34FN3O4S/c1-7-19(4)27-25(31)20(5)28(15-21-10-8-9-11-22(21)26)24(30)16-29(34(6,32)33)23-13-12-17(2)14-18(23)3/h8-14,19-20H,7,15-16H2,1-6H3,(H,27,31). The summed E-state index contributed by atoms with van der Waals surface area (Å²) in [5.41, 5.74) is 2.26. The van der Waals surface area contributed by atoms with Crippen LogP contribution in [0.1, 0.15) is 43.9 Å². The van der Waals surface area contributed by atoms with Crippen LogP contribution < -0.4 is 9.62 Å². The third-order valence-corrected chi connectivity index (χ3v) is 6.89. The van der Waals surface area contributed by atoms with Gasteiger partial charge in [-0.1, -0.05) is 42.8 Å². The van der Waals surface area contributed by atoms with Crippen LogP contribution in [0.25, 0.3) is 0 Å². The average molecular weight is 492 g/mol. The van der Waals surface area contributed by atoms with Crippen LogP contribution in [0.5, 0.6) is 0 Å². The molecule has 0 spiro atoms. The highest BCUT2D eigenvalue weighted by Gasteiger charge is 2.31. The van der Waals surface area contributed by atoms with E-state index < -0.39 is 40.2 Å². The van der Waals surface area contributed by atoms with Crippen LogP contribution in [0, 0.1) is 19.7 Å². The number of carbonyl (C=O) groups excluding carboxylic acids is 2. The Morgan fingerprint density at radius 2 is 1.74 bits per heavy atom. The molecule has 1 N–H and O–H groups in total. The topological polar surface area (TPSA) is 86.8 Å². The highest BCUT2D eigenvalue weighted by Crippen LogP contribution is 2.24. The van der Waals surface area contributed by atoms with Crippen LogP contribution in [0.3, 0.4) is 0 Å². The van der Waals surface area contributed by atoms with Crippen molar-refractivity contribution in [1.82, 2.24) is 10.2 Å². The van der Waals surface area contributed by atoms with E-state index in [1.165, 1.54) is 23.1 Å². The number of carbonyl (C=O) groups is 2. The molecule has 2 amide bonds. The van der Waals surface area contributed by atoms with Gasteiger partial charge in [-0.05, 0) is 51.8 Å². The second kappa shape index (κ2) is 11.5. The summed E-state index contributed by atoms with van der Waals surface area (Å²) in [6.07, 6.45) is 1.73. The molecule has 0 saturated heterocycles. The van der Waals surface area contributed by atoms with Crippen molar-refractivity contribution in [2.75, 3.05) is 17.1 Å². The van der Waals surface area contributed by atoms with Crippen molar-refractivity contribution in [3.63, 3.8) is 0 Å². The summed E-state index contributed by atoms with van der Waals surface area (Å²) in [4.78, 5) is 27.6. The minimum absolute atomic E-state index is 0.108. The maximum atomic E-state index is 14.4. The van der Waals surface area contributed by atoms with Crippen molar-refractivity contribution in [1.29, 1.82) is 0 Å². The molecule has 0 radical (unpaired) electrons. The molecule has 9 heteroatoms. The van der Waals surface area contributed by atoms with Crippen molar-refractivity contribution >= 4 is 27.5 Å². The zero-order valence-electron chi connectivity index (χ0n) is 20.6. The summed E-state index contributed by atoms with van der Waals surface area (Å²) in [6.45, 7) is 8.29. The Morgan fingerprint density at radius 3 is 2.29 bits per heavy atom. The molecule has 7 nitrogen and oxygen atoms in total. The minimum Gasteiger partial charge on any atom is -0.352 e. The summed E-state index contributed by atoms with van der Waals surface area (Å²) in [7, 11) is -3.82. The van der Waals surface area contributed by atoms with Crippen LogP contribution in [0.4, 0.5) is 10.1 Å². The Hall–Kier alpha value is -2.94. The Bertz CT molecular complexity index is 1140. The third-order valence-electron chi connectivity index (χ3n) is 5.77. The lowest BCUT2D eigenvalue weighted by atomic mass is 10.1. The quantitative estimate of drug-likeness (QED) is 0.551. The number of anilines is 1. The van der Waals surface area contributed by atoms with E-state index in [0.29, 0.717) is 17.7 Å². The predicted octanol–water partition coefficient (Wildman–Crippen LogP) is 3.54. The first-order valence-corrected chi connectivity index (χ1v) is 13.1. The fraction of sp³-hybridized carbons (Fsp3) is 0.440. The third kappa shape index (κ3) is 7.03. The van der Waals surface area contributed by atoms with Gasteiger partial charge in [0.25, 0.3) is 0 Å². The van der Waals surface area contributed by atoms with Gasteiger partial charge < -0.3 is 10.2 Å².